The number of carbonyl (C=O) groups excluding carboxylic acids is 3. The number of hydrogen-bond acceptors (Lipinski definition) is 5. The van der Waals surface area contributed by atoms with Crippen LogP contribution in [-0.4, -0.2) is 60.1 Å². The molecular weight excluding hydrogens is 499 g/mol. The van der Waals surface area contributed by atoms with Gasteiger partial charge >= 0.3 is 6.09 Å². The number of ether oxygens (including phenoxy) is 2. The molecule has 1 heterocycles. The molecule has 0 bridgehead atoms. The van der Waals surface area contributed by atoms with Crippen molar-refractivity contribution < 1.29 is 23.9 Å². The molecule has 0 unspecified atom stereocenters. The molecule has 8 heteroatoms. The first kappa shape index (κ1) is 24.4. The Morgan fingerprint density at radius 3 is 2.27 bits per heavy atom. The molecule has 1 aliphatic rings. The summed E-state index contributed by atoms with van der Waals surface area (Å²) in [6, 6.07) is 2.76. The molecule has 0 spiro atoms. The summed E-state index contributed by atoms with van der Waals surface area (Å²) >= 11 is 2.15. The lowest BCUT2D eigenvalue weighted by molar-refractivity contribution is -0.129. The minimum absolute atomic E-state index is 0.153. The topological polar surface area (TPSA) is 76.2 Å². The number of rotatable bonds is 4. The van der Waals surface area contributed by atoms with Crippen molar-refractivity contribution in [3.05, 3.63) is 26.8 Å². The number of nitrogens with zero attached hydrogens (tertiary/aromatic N) is 2. The number of halogens is 1. The Morgan fingerprint density at radius 2 is 1.80 bits per heavy atom. The van der Waals surface area contributed by atoms with Crippen molar-refractivity contribution in [2.45, 2.75) is 65.8 Å². The van der Waals surface area contributed by atoms with Gasteiger partial charge in [0.1, 0.15) is 23.6 Å². The Morgan fingerprint density at radius 1 is 1.20 bits per heavy atom. The molecule has 30 heavy (non-hydrogen) atoms. The number of hydrogen-bond donors (Lipinski definition) is 0. The first-order valence-corrected chi connectivity index (χ1v) is 10.9. The third-order valence-corrected chi connectivity index (χ3v) is 5.92. The molecule has 1 fully saturated rings. The molecule has 0 N–H and O–H groups in total. The van der Waals surface area contributed by atoms with Gasteiger partial charge in [0.15, 0.2) is 6.29 Å². The molecule has 1 aliphatic heterocycles. The molecule has 1 saturated heterocycles. The highest BCUT2D eigenvalue weighted by atomic mass is 127. The van der Waals surface area contributed by atoms with E-state index in [4.69, 9.17) is 9.47 Å². The van der Waals surface area contributed by atoms with E-state index in [0.29, 0.717) is 11.3 Å². The lowest BCUT2D eigenvalue weighted by Gasteiger charge is -2.39. The molecule has 1 aromatic rings. The van der Waals surface area contributed by atoms with Gasteiger partial charge in [0, 0.05) is 22.5 Å². The van der Waals surface area contributed by atoms with Gasteiger partial charge in [0.25, 0.3) is 0 Å². The highest BCUT2D eigenvalue weighted by Crippen LogP contribution is 2.37. The van der Waals surface area contributed by atoms with E-state index in [9.17, 15) is 14.4 Å². The highest BCUT2D eigenvalue weighted by molar-refractivity contribution is 14.1. The quantitative estimate of drug-likeness (QED) is 0.433. The second-order valence-corrected chi connectivity index (χ2v) is 10.8. The monoisotopic (exact) mass is 530 g/mol. The van der Waals surface area contributed by atoms with Gasteiger partial charge in [-0.05, 0) is 61.1 Å². The zero-order valence-electron chi connectivity index (χ0n) is 18.9. The van der Waals surface area contributed by atoms with E-state index in [-0.39, 0.29) is 17.7 Å². The van der Waals surface area contributed by atoms with E-state index in [0.717, 1.165) is 15.4 Å². The predicted octanol–water partition coefficient (Wildman–Crippen LogP) is 4.10. The standard InChI is InChI=1S/C22H31IN2O5/c1-21(2,3)19-24(7)18(27)16(25(19)20(28)30-22(4,5)6)10-13-9-14(12-26)17(29-8)11-15(13)23/h9,11-12,16,19H,10H2,1-8H3/t16-,19-/m0/s1. The maximum atomic E-state index is 13.2. The highest BCUT2D eigenvalue weighted by Gasteiger charge is 2.52. The average molecular weight is 530 g/mol. The summed E-state index contributed by atoms with van der Waals surface area (Å²) in [4.78, 5) is 41.0. The van der Waals surface area contributed by atoms with Gasteiger partial charge in [-0.3, -0.25) is 14.5 Å². The molecule has 0 saturated carbocycles. The Bertz CT molecular complexity index is 841. The molecule has 7 nitrogen and oxygen atoms in total. The summed E-state index contributed by atoms with van der Waals surface area (Å²) in [5.74, 6) is 0.324. The zero-order valence-corrected chi connectivity index (χ0v) is 21.1. The van der Waals surface area contributed by atoms with Gasteiger partial charge in [-0.15, -0.1) is 0 Å². The maximum Gasteiger partial charge on any atom is 0.412 e. The van der Waals surface area contributed by atoms with Gasteiger partial charge in [-0.2, -0.15) is 0 Å². The van der Waals surface area contributed by atoms with Gasteiger partial charge in [-0.25, -0.2) is 4.79 Å². The van der Waals surface area contributed by atoms with E-state index in [1.54, 1.807) is 49.8 Å². The SMILES string of the molecule is COc1cc(I)c(C[C@H]2C(=O)N(C)[C@H](C(C)(C)C)N2C(=O)OC(C)(C)C)cc1C=O. The number of carbonyl (C=O) groups is 3. The van der Waals surface area contributed by atoms with Crippen LogP contribution in [0.2, 0.25) is 0 Å². The first-order valence-electron chi connectivity index (χ1n) is 9.81. The summed E-state index contributed by atoms with van der Waals surface area (Å²) in [6.45, 7) is 11.4. The molecule has 2 atom stereocenters. The third kappa shape index (κ3) is 5.07. The third-order valence-electron chi connectivity index (χ3n) is 4.92. The fraction of sp³-hybridized carbons (Fsp3) is 0.591. The first-order chi connectivity index (χ1) is 13.7. The lowest BCUT2D eigenvalue weighted by Crippen LogP contribution is -2.52. The molecule has 166 valence electrons. The fourth-order valence-corrected chi connectivity index (χ4v) is 4.47. The van der Waals surface area contributed by atoms with Crippen molar-refractivity contribution in [1.29, 1.82) is 0 Å². The van der Waals surface area contributed by atoms with Crippen LogP contribution < -0.4 is 4.74 Å². The van der Waals surface area contributed by atoms with Crippen molar-refractivity contribution in [2.75, 3.05) is 14.2 Å². The summed E-state index contributed by atoms with van der Waals surface area (Å²) < 4.78 is 11.8. The van der Waals surface area contributed by atoms with Crippen LogP contribution in [-0.2, 0) is 16.0 Å². The zero-order chi connectivity index (χ0) is 23.0. The Kier molecular flexibility index (Phi) is 7.10. The number of aldehydes is 1. The number of methoxy groups -OCH3 is 1. The minimum Gasteiger partial charge on any atom is -0.496 e. The lowest BCUT2D eigenvalue weighted by atomic mass is 9.91. The number of benzene rings is 1. The average Bonchev–Trinajstić information content (AvgIpc) is 2.86. The van der Waals surface area contributed by atoms with Crippen LogP contribution in [0.3, 0.4) is 0 Å². The smallest absolute Gasteiger partial charge is 0.412 e. The largest absolute Gasteiger partial charge is 0.496 e. The molecule has 0 radical (unpaired) electrons. The molecule has 0 aromatic heterocycles. The minimum atomic E-state index is -0.726. The Hall–Kier alpha value is -1.84. The van der Waals surface area contributed by atoms with Crippen molar-refractivity contribution >= 4 is 40.9 Å². The van der Waals surface area contributed by atoms with Crippen LogP contribution >= 0.6 is 22.6 Å². The second kappa shape index (κ2) is 8.72. The van der Waals surface area contributed by atoms with E-state index >= 15 is 0 Å². The Labute approximate surface area is 192 Å². The van der Waals surface area contributed by atoms with E-state index < -0.39 is 23.9 Å². The van der Waals surface area contributed by atoms with E-state index in [1.807, 2.05) is 20.8 Å². The van der Waals surface area contributed by atoms with Crippen LogP contribution in [0, 0.1) is 8.99 Å². The van der Waals surface area contributed by atoms with E-state index in [2.05, 4.69) is 22.6 Å². The predicted molar refractivity (Wildman–Crippen MR) is 123 cm³/mol. The molecule has 1 aromatic carbocycles. The molecular formula is C22H31IN2O5. The van der Waals surface area contributed by atoms with Crippen LogP contribution in [0.25, 0.3) is 0 Å². The molecule has 2 rings (SSSR count). The van der Waals surface area contributed by atoms with Gasteiger partial charge in [0.2, 0.25) is 5.91 Å². The normalized spacial score (nSPS) is 19.8. The maximum absolute atomic E-state index is 13.2. The van der Waals surface area contributed by atoms with Crippen LogP contribution in [0.4, 0.5) is 4.79 Å². The van der Waals surface area contributed by atoms with Gasteiger partial charge < -0.3 is 14.4 Å². The number of amides is 2. The fourth-order valence-electron chi connectivity index (χ4n) is 3.81. The molecule has 2 amide bonds. The summed E-state index contributed by atoms with van der Waals surface area (Å²) in [5, 5.41) is 0. The Balaban J connectivity index is 2.51. The van der Waals surface area contributed by atoms with Crippen LogP contribution in [0.1, 0.15) is 57.5 Å². The second-order valence-electron chi connectivity index (χ2n) is 9.60. The summed E-state index contributed by atoms with van der Waals surface area (Å²) in [7, 11) is 3.22. The van der Waals surface area contributed by atoms with Gasteiger partial charge in [0.05, 0.1) is 12.7 Å². The van der Waals surface area contributed by atoms with Crippen molar-refractivity contribution in [3.8, 4) is 5.75 Å². The number of likely N-dealkylation sites (N-methyl/N-ethyl adjacent to an activating group) is 1. The van der Waals surface area contributed by atoms with E-state index in [1.165, 1.54) is 7.11 Å². The van der Waals surface area contributed by atoms with Crippen molar-refractivity contribution in [3.63, 3.8) is 0 Å². The van der Waals surface area contributed by atoms with Crippen LogP contribution in [0.5, 0.6) is 5.75 Å². The summed E-state index contributed by atoms with van der Waals surface area (Å²) in [6.07, 6.45) is 0.0263. The summed E-state index contributed by atoms with van der Waals surface area (Å²) in [5.41, 5.74) is 0.140. The van der Waals surface area contributed by atoms with Crippen molar-refractivity contribution in [2.24, 2.45) is 5.41 Å². The molecule has 0 aliphatic carbocycles. The van der Waals surface area contributed by atoms with Crippen LogP contribution in [0.15, 0.2) is 12.1 Å². The van der Waals surface area contributed by atoms with Crippen molar-refractivity contribution in [1.82, 2.24) is 9.80 Å². The van der Waals surface area contributed by atoms with Gasteiger partial charge in [-0.1, -0.05) is 20.8 Å².